The molecule has 2 aromatic carbocycles. The minimum atomic E-state index is -3.88. The highest BCUT2D eigenvalue weighted by Gasteiger charge is 2.33. The molecule has 0 saturated carbocycles. The number of hydrogen-bond acceptors (Lipinski definition) is 7. The molecule has 2 rings (SSSR count). The molecule has 0 aliphatic rings. The van der Waals surface area contributed by atoms with Gasteiger partial charge in [-0.1, -0.05) is 23.8 Å². The summed E-state index contributed by atoms with van der Waals surface area (Å²) in [5.74, 6) is 0.0959. The smallest absolute Gasteiger partial charge is 0.308 e. The van der Waals surface area contributed by atoms with Gasteiger partial charge < -0.3 is 18.9 Å². The van der Waals surface area contributed by atoms with Crippen molar-refractivity contribution in [1.82, 2.24) is 4.31 Å². The Hall–Kier alpha value is -2.46. The van der Waals surface area contributed by atoms with E-state index in [9.17, 15) is 13.2 Å². The molecule has 31 heavy (non-hydrogen) atoms. The number of carbonyl (C=O) groups excluding carboxylic acids is 1. The van der Waals surface area contributed by atoms with E-state index in [4.69, 9.17) is 18.9 Å². The van der Waals surface area contributed by atoms with Crippen molar-refractivity contribution < 1.29 is 32.2 Å². The first-order valence-electron chi connectivity index (χ1n) is 9.64. The van der Waals surface area contributed by atoms with Crippen LogP contribution in [0.1, 0.15) is 31.0 Å². The van der Waals surface area contributed by atoms with Gasteiger partial charge in [0, 0.05) is 27.2 Å². The minimum Gasteiger partial charge on any atom is -0.493 e. The fourth-order valence-corrected chi connectivity index (χ4v) is 4.66. The first-order chi connectivity index (χ1) is 14.6. The maximum Gasteiger partial charge on any atom is 0.308 e. The Morgan fingerprint density at radius 2 is 1.61 bits per heavy atom. The summed E-state index contributed by atoms with van der Waals surface area (Å²) in [7, 11) is 0.468. The number of benzene rings is 2. The van der Waals surface area contributed by atoms with Crippen LogP contribution < -0.4 is 9.47 Å². The van der Waals surface area contributed by atoms with Crippen LogP contribution in [0.15, 0.2) is 47.4 Å². The van der Waals surface area contributed by atoms with Crippen molar-refractivity contribution in [3.8, 4) is 11.5 Å². The van der Waals surface area contributed by atoms with Gasteiger partial charge in [-0.3, -0.25) is 4.79 Å². The number of rotatable bonds is 10. The molecule has 0 fully saturated rings. The van der Waals surface area contributed by atoms with Gasteiger partial charge in [0.15, 0.2) is 17.8 Å². The summed E-state index contributed by atoms with van der Waals surface area (Å²) < 4.78 is 49.3. The third-order valence-electron chi connectivity index (χ3n) is 4.84. The van der Waals surface area contributed by atoms with Gasteiger partial charge >= 0.3 is 5.97 Å². The number of esters is 1. The lowest BCUT2D eigenvalue weighted by molar-refractivity contribution is -0.132. The zero-order valence-corrected chi connectivity index (χ0v) is 19.4. The van der Waals surface area contributed by atoms with Crippen LogP contribution in [-0.2, 0) is 24.3 Å². The molecule has 0 aliphatic carbocycles. The summed E-state index contributed by atoms with van der Waals surface area (Å²) in [6.45, 7) is 4.91. The maximum atomic E-state index is 13.5. The van der Waals surface area contributed by atoms with Crippen molar-refractivity contribution >= 4 is 16.0 Å². The van der Waals surface area contributed by atoms with Gasteiger partial charge in [-0.15, -0.1) is 0 Å². The van der Waals surface area contributed by atoms with E-state index in [2.05, 4.69) is 0 Å². The van der Waals surface area contributed by atoms with Gasteiger partial charge in [-0.05, 0) is 43.7 Å². The van der Waals surface area contributed by atoms with Crippen LogP contribution in [0.3, 0.4) is 0 Å². The largest absolute Gasteiger partial charge is 0.493 e. The molecule has 0 N–H and O–H groups in total. The molecular weight excluding hydrogens is 422 g/mol. The Morgan fingerprint density at radius 1 is 1.00 bits per heavy atom. The fraction of sp³-hybridized carbons (Fsp3) is 0.409. The Morgan fingerprint density at radius 3 is 2.13 bits per heavy atom. The highest BCUT2D eigenvalue weighted by molar-refractivity contribution is 7.89. The molecule has 0 amide bonds. The molecule has 170 valence electrons. The number of hydrogen-bond donors (Lipinski definition) is 0. The standard InChI is InChI=1S/C22H29NO7S/c1-15-7-10-19(11-8-15)31(25,26)23(14-22(28-5)29-6)16(2)18-9-12-20(30-17(3)24)21(13-18)27-4/h7-13,16,22H,14H2,1-6H3/t16-/m0/s1. The molecule has 0 heterocycles. The lowest BCUT2D eigenvalue weighted by atomic mass is 10.1. The SMILES string of the molecule is COc1cc([C@H](C)N(CC(OC)OC)S(=O)(=O)c2ccc(C)cc2)ccc1OC(C)=O. The van der Waals surface area contributed by atoms with Crippen LogP contribution in [-0.4, -0.2) is 52.9 Å². The zero-order valence-electron chi connectivity index (χ0n) is 18.6. The van der Waals surface area contributed by atoms with Crippen LogP contribution in [0, 0.1) is 6.92 Å². The topological polar surface area (TPSA) is 91.4 Å². The second-order valence-corrected chi connectivity index (χ2v) is 8.86. The second kappa shape index (κ2) is 10.7. The van der Waals surface area contributed by atoms with Gasteiger partial charge in [-0.2, -0.15) is 4.31 Å². The van der Waals surface area contributed by atoms with E-state index in [0.717, 1.165) is 5.56 Å². The quantitative estimate of drug-likeness (QED) is 0.311. The van der Waals surface area contributed by atoms with Gasteiger partial charge in [-0.25, -0.2) is 8.42 Å². The first-order valence-corrected chi connectivity index (χ1v) is 11.1. The number of carbonyl (C=O) groups is 1. The molecule has 0 saturated heterocycles. The van der Waals surface area contributed by atoms with Crippen molar-refractivity contribution in [1.29, 1.82) is 0 Å². The predicted molar refractivity (Wildman–Crippen MR) is 116 cm³/mol. The van der Waals surface area contributed by atoms with E-state index in [1.807, 2.05) is 6.92 Å². The van der Waals surface area contributed by atoms with Crippen LogP contribution in [0.4, 0.5) is 0 Å². The highest BCUT2D eigenvalue weighted by Crippen LogP contribution is 2.34. The predicted octanol–water partition coefficient (Wildman–Crippen LogP) is 3.30. The first kappa shape index (κ1) is 24.8. The van der Waals surface area contributed by atoms with Crippen LogP contribution in [0.5, 0.6) is 11.5 Å². The van der Waals surface area contributed by atoms with Gasteiger partial charge in [0.1, 0.15) is 0 Å². The Kier molecular flexibility index (Phi) is 8.58. The second-order valence-electron chi connectivity index (χ2n) is 6.97. The lowest BCUT2D eigenvalue weighted by Crippen LogP contribution is -2.40. The van der Waals surface area contributed by atoms with Crippen LogP contribution in [0.2, 0.25) is 0 Å². The summed E-state index contributed by atoms with van der Waals surface area (Å²) >= 11 is 0. The Labute approximate surface area is 183 Å². The van der Waals surface area contributed by atoms with E-state index in [1.165, 1.54) is 32.6 Å². The Bertz CT molecular complexity index is 985. The summed E-state index contributed by atoms with van der Waals surface area (Å²) in [4.78, 5) is 11.5. The van der Waals surface area contributed by atoms with Crippen molar-refractivity contribution in [3.63, 3.8) is 0 Å². The van der Waals surface area contributed by atoms with Crippen molar-refractivity contribution in [2.45, 2.75) is 38.0 Å². The third kappa shape index (κ3) is 6.04. The maximum absolute atomic E-state index is 13.5. The van der Waals surface area contributed by atoms with Crippen molar-refractivity contribution in [2.75, 3.05) is 27.9 Å². The molecule has 0 bridgehead atoms. The van der Waals surface area contributed by atoms with E-state index < -0.39 is 28.3 Å². The van der Waals surface area contributed by atoms with Crippen molar-refractivity contribution in [3.05, 3.63) is 53.6 Å². The molecule has 2 aromatic rings. The molecule has 1 atom stereocenters. The van der Waals surface area contributed by atoms with E-state index in [-0.39, 0.29) is 17.2 Å². The van der Waals surface area contributed by atoms with E-state index in [1.54, 1.807) is 49.4 Å². The summed E-state index contributed by atoms with van der Waals surface area (Å²) in [6, 6.07) is 11.0. The number of aryl methyl sites for hydroxylation is 1. The van der Waals surface area contributed by atoms with Gasteiger partial charge in [0.2, 0.25) is 10.0 Å². The number of methoxy groups -OCH3 is 3. The molecule has 9 heteroatoms. The molecule has 0 unspecified atom stereocenters. The fourth-order valence-electron chi connectivity index (χ4n) is 3.05. The third-order valence-corrected chi connectivity index (χ3v) is 6.79. The summed E-state index contributed by atoms with van der Waals surface area (Å²) in [5, 5.41) is 0. The highest BCUT2D eigenvalue weighted by atomic mass is 32.2. The average molecular weight is 452 g/mol. The molecule has 0 spiro atoms. The van der Waals surface area contributed by atoms with E-state index in [0.29, 0.717) is 11.3 Å². The Balaban J connectivity index is 2.50. The van der Waals surface area contributed by atoms with E-state index >= 15 is 0 Å². The molecule has 0 radical (unpaired) electrons. The van der Waals surface area contributed by atoms with Crippen LogP contribution >= 0.6 is 0 Å². The summed E-state index contributed by atoms with van der Waals surface area (Å²) in [6.07, 6.45) is -0.759. The number of nitrogens with zero attached hydrogens (tertiary/aromatic N) is 1. The number of sulfonamides is 1. The van der Waals surface area contributed by atoms with Gasteiger partial charge in [0.05, 0.1) is 18.6 Å². The molecule has 0 aromatic heterocycles. The van der Waals surface area contributed by atoms with Gasteiger partial charge in [0.25, 0.3) is 0 Å². The average Bonchev–Trinajstić information content (AvgIpc) is 2.74. The molecule has 0 aliphatic heterocycles. The minimum absolute atomic E-state index is 0.0294. The molecular formula is C22H29NO7S. The molecule has 8 nitrogen and oxygen atoms in total. The number of ether oxygens (including phenoxy) is 4. The normalized spacial score (nSPS) is 12.8. The van der Waals surface area contributed by atoms with Crippen LogP contribution in [0.25, 0.3) is 0 Å². The van der Waals surface area contributed by atoms with Crippen molar-refractivity contribution in [2.24, 2.45) is 0 Å². The zero-order chi connectivity index (χ0) is 23.2. The summed E-state index contributed by atoms with van der Waals surface area (Å²) in [5.41, 5.74) is 1.60. The monoisotopic (exact) mass is 451 g/mol. The lowest BCUT2D eigenvalue weighted by Gasteiger charge is -2.31.